The fourth-order valence-electron chi connectivity index (χ4n) is 2.67. The highest BCUT2D eigenvalue weighted by molar-refractivity contribution is 5.85. The van der Waals surface area contributed by atoms with Gasteiger partial charge in [0, 0.05) is 30.0 Å². The highest BCUT2D eigenvalue weighted by Crippen LogP contribution is 2.23. The maximum atomic E-state index is 12.2. The van der Waals surface area contributed by atoms with Crippen molar-refractivity contribution in [3.63, 3.8) is 0 Å². The maximum Gasteiger partial charge on any atom is 0.144 e. The summed E-state index contributed by atoms with van der Waals surface area (Å²) >= 11 is 0. The van der Waals surface area contributed by atoms with Gasteiger partial charge in [-0.1, -0.05) is 24.3 Å². The van der Waals surface area contributed by atoms with Crippen LogP contribution in [0.15, 0.2) is 36.4 Å². The van der Waals surface area contributed by atoms with Gasteiger partial charge in [-0.2, -0.15) is 0 Å². The fourth-order valence-corrected chi connectivity index (χ4v) is 2.67. The van der Waals surface area contributed by atoms with Gasteiger partial charge in [0.1, 0.15) is 5.78 Å². The van der Waals surface area contributed by atoms with Crippen LogP contribution in [0, 0.1) is 5.92 Å². The zero-order valence-corrected chi connectivity index (χ0v) is 11.0. The van der Waals surface area contributed by atoms with Gasteiger partial charge in [-0.25, -0.2) is 0 Å². The Bertz CT molecular complexity index is 608. The van der Waals surface area contributed by atoms with E-state index >= 15 is 0 Å². The molecule has 2 atom stereocenters. The van der Waals surface area contributed by atoms with E-state index in [4.69, 9.17) is 4.74 Å². The summed E-state index contributed by atoms with van der Waals surface area (Å²) in [7, 11) is 0. The van der Waals surface area contributed by atoms with E-state index in [1.165, 1.54) is 0 Å². The lowest BCUT2D eigenvalue weighted by molar-refractivity contribution is -0.123. The molecular weight excluding hydrogens is 238 g/mol. The zero-order valence-electron chi connectivity index (χ0n) is 11.0. The summed E-state index contributed by atoms with van der Waals surface area (Å²) in [6.45, 7) is 2.67. The van der Waals surface area contributed by atoms with Crippen molar-refractivity contribution in [1.29, 1.82) is 0 Å². The number of hydrogen-bond donors (Lipinski definition) is 0. The molecule has 0 radical (unpaired) electrons. The van der Waals surface area contributed by atoms with Crippen LogP contribution in [0.5, 0.6) is 0 Å². The fraction of sp³-hybridized carbons (Fsp3) is 0.375. The van der Waals surface area contributed by atoms with Gasteiger partial charge in [-0.15, -0.1) is 0 Å². The molecule has 2 aromatic rings. The molecule has 0 aliphatic carbocycles. The van der Waals surface area contributed by atoms with E-state index < -0.39 is 0 Å². The SMILES string of the molecule is CC1OCCC1C(=O)Cc1ccc2ccccc2n1. The van der Waals surface area contributed by atoms with Crippen molar-refractivity contribution in [3.05, 3.63) is 42.1 Å². The first-order valence-electron chi connectivity index (χ1n) is 6.73. The Labute approximate surface area is 112 Å². The van der Waals surface area contributed by atoms with Gasteiger partial charge in [0.2, 0.25) is 0 Å². The number of carbonyl (C=O) groups excluding carboxylic acids is 1. The Balaban J connectivity index is 1.79. The van der Waals surface area contributed by atoms with Crippen molar-refractivity contribution in [2.24, 2.45) is 5.92 Å². The number of rotatable bonds is 3. The van der Waals surface area contributed by atoms with Crippen LogP contribution in [0.4, 0.5) is 0 Å². The summed E-state index contributed by atoms with van der Waals surface area (Å²) in [6.07, 6.45) is 1.30. The van der Waals surface area contributed by atoms with Crippen LogP contribution in [0.3, 0.4) is 0 Å². The third kappa shape index (κ3) is 2.51. The highest BCUT2D eigenvalue weighted by Gasteiger charge is 2.30. The molecule has 1 saturated heterocycles. The molecule has 0 bridgehead atoms. The molecule has 1 aliphatic heterocycles. The topological polar surface area (TPSA) is 39.2 Å². The second-order valence-electron chi connectivity index (χ2n) is 5.11. The first-order chi connectivity index (χ1) is 9.24. The molecule has 2 unspecified atom stereocenters. The summed E-state index contributed by atoms with van der Waals surface area (Å²) < 4.78 is 5.45. The summed E-state index contributed by atoms with van der Waals surface area (Å²) in [5, 5.41) is 1.11. The molecule has 3 heteroatoms. The van der Waals surface area contributed by atoms with E-state index in [9.17, 15) is 4.79 Å². The van der Waals surface area contributed by atoms with Crippen molar-refractivity contribution in [2.45, 2.75) is 25.9 Å². The number of benzene rings is 1. The van der Waals surface area contributed by atoms with Crippen molar-refractivity contribution in [1.82, 2.24) is 4.98 Å². The lowest BCUT2D eigenvalue weighted by Gasteiger charge is -2.12. The van der Waals surface area contributed by atoms with Gasteiger partial charge in [-0.05, 0) is 25.5 Å². The summed E-state index contributed by atoms with van der Waals surface area (Å²) in [6, 6.07) is 11.9. The molecule has 1 aromatic carbocycles. The monoisotopic (exact) mass is 255 g/mol. The minimum Gasteiger partial charge on any atom is -0.378 e. The average molecular weight is 255 g/mol. The minimum absolute atomic E-state index is 0.0354. The highest BCUT2D eigenvalue weighted by atomic mass is 16.5. The lowest BCUT2D eigenvalue weighted by atomic mass is 9.94. The Morgan fingerprint density at radius 1 is 1.32 bits per heavy atom. The average Bonchev–Trinajstić information content (AvgIpc) is 2.85. The van der Waals surface area contributed by atoms with Crippen molar-refractivity contribution >= 4 is 16.7 Å². The van der Waals surface area contributed by atoms with E-state index in [1.54, 1.807) is 0 Å². The number of nitrogens with zero attached hydrogens (tertiary/aromatic N) is 1. The third-order valence-electron chi connectivity index (χ3n) is 3.80. The molecular formula is C16H17NO2. The number of Topliss-reactive ketones (excluding diaryl/α,β-unsaturated/α-hetero) is 1. The Morgan fingerprint density at radius 2 is 2.16 bits per heavy atom. The molecule has 3 rings (SSSR count). The van der Waals surface area contributed by atoms with Crippen molar-refractivity contribution < 1.29 is 9.53 Å². The third-order valence-corrected chi connectivity index (χ3v) is 3.80. The maximum absolute atomic E-state index is 12.2. The smallest absolute Gasteiger partial charge is 0.144 e. The largest absolute Gasteiger partial charge is 0.378 e. The number of para-hydroxylation sites is 1. The number of ether oxygens (including phenoxy) is 1. The van der Waals surface area contributed by atoms with Crippen molar-refractivity contribution in [2.75, 3.05) is 6.61 Å². The predicted molar refractivity (Wildman–Crippen MR) is 74.0 cm³/mol. The van der Waals surface area contributed by atoms with Gasteiger partial charge in [0.25, 0.3) is 0 Å². The summed E-state index contributed by atoms with van der Waals surface area (Å²) in [5.74, 6) is 0.279. The van der Waals surface area contributed by atoms with E-state index in [0.717, 1.165) is 23.0 Å². The van der Waals surface area contributed by atoms with Crippen LogP contribution in [-0.4, -0.2) is 23.5 Å². The van der Waals surface area contributed by atoms with Gasteiger partial charge < -0.3 is 4.74 Å². The van der Waals surface area contributed by atoms with Gasteiger partial charge in [0.15, 0.2) is 0 Å². The minimum atomic E-state index is 0.0354. The summed E-state index contributed by atoms with van der Waals surface area (Å²) in [5.41, 5.74) is 1.80. The molecule has 1 aromatic heterocycles. The number of pyridine rings is 1. The van der Waals surface area contributed by atoms with Crippen LogP contribution in [-0.2, 0) is 16.0 Å². The van der Waals surface area contributed by atoms with Gasteiger partial charge >= 0.3 is 0 Å². The molecule has 0 amide bonds. The van der Waals surface area contributed by atoms with Crippen LogP contribution in [0.2, 0.25) is 0 Å². The van der Waals surface area contributed by atoms with Crippen LogP contribution >= 0.6 is 0 Å². The molecule has 0 saturated carbocycles. The molecule has 19 heavy (non-hydrogen) atoms. The molecule has 3 nitrogen and oxygen atoms in total. The zero-order chi connectivity index (χ0) is 13.2. The second kappa shape index (κ2) is 5.10. The first-order valence-corrected chi connectivity index (χ1v) is 6.73. The van der Waals surface area contributed by atoms with E-state index in [2.05, 4.69) is 4.98 Å². The van der Waals surface area contributed by atoms with Gasteiger partial charge in [0.05, 0.1) is 11.6 Å². The standard InChI is InChI=1S/C16H17NO2/c1-11-14(8-9-19-11)16(18)10-13-7-6-12-4-2-3-5-15(12)17-13/h2-7,11,14H,8-10H2,1H3. The number of aromatic nitrogens is 1. The van der Waals surface area contributed by atoms with Gasteiger partial charge in [-0.3, -0.25) is 9.78 Å². The Kier molecular flexibility index (Phi) is 3.30. The molecule has 0 spiro atoms. The molecule has 2 heterocycles. The Hall–Kier alpha value is -1.74. The molecule has 1 fully saturated rings. The van der Waals surface area contributed by atoms with E-state index in [1.807, 2.05) is 43.3 Å². The normalized spacial score (nSPS) is 22.8. The second-order valence-corrected chi connectivity index (χ2v) is 5.11. The number of ketones is 1. The quantitative estimate of drug-likeness (QED) is 0.846. The number of carbonyl (C=O) groups is 1. The van der Waals surface area contributed by atoms with Crippen LogP contribution < -0.4 is 0 Å². The van der Waals surface area contributed by atoms with Crippen LogP contribution in [0.1, 0.15) is 19.0 Å². The lowest BCUT2D eigenvalue weighted by Crippen LogP contribution is -2.23. The Morgan fingerprint density at radius 3 is 2.95 bits per heavy atom. The molecule has 1 aliphatic rings. The summed E-state index contributed by atoms with van der Waals surface area (Å²) in [4.78, 5) is 16.8. The number of fused-ring (bicyclic) bond motifs is 1. The number of hydrogen-bond acceptors (Lipinski definition) is 3. The van der Waals surface area contributed by atoms with Crippen LogP contribution in [0.25, 0.3) is 10.9 Å². The van der Waals surface area contributed by atoms with Crippen molar-refractivity contribution in [3.8, 4) is 0 Å². The molecule has 0 N–H and O–H groups in total. The first kappa shape index (κ1) is 12.3. The predicted octanol–water partition coefficient (Wildman–Crippen LogP) is 2.77. The van der Waals surface area contributed by atoms with E-state index in [0.29, 0.717) is 13.0 Å². The van der Waals surface area contributed by atoms with E-state index in [-0.39, 0.29) is 17.8 Å². The molecule has 98 valence electrons.